The van der Waals surface area contributed by atoms with Crippen LogP contribution in [0.25, 0.3) is 0 Å². The molecule has 0 saturated carbocycles. The van der Waals surface area contributed by atoms with E-state index in [1.807, 2.05) is 4.68 Å². The third kappa shape index (κ3) is 4.14. The molecule has 0 N–H and O–H groups in total. The standard InChI is InChI=1S/C15H25N7O/c1-12(2)15-18-14(19-23-15)9-20(3)13-4-5-21(8-13)6-7-22-11-16-10-17-22/h10-13H,4-9H2,1-3H3/t13-/m1/s1. The Balaban J connectivity index is 1.45. The lowest BCUT2D eigenvalue weighted by Gasteiger charge is -2.23. The van der Waals surface area contributed by atoms with E-state index < -0.39 is 0 Å². The van der Waals surface area contributed by atoms with Crippen LogP contribution in [0.3, 0.4) is 0 Å². The summed E-state index contributed by atoms with van der Waals surface area (Å²) in [5.41, 5.74) is 0. The predicted octanol–water partition coefficient (Wildman–Crippen LogP) is 0.991. The maximum absolute atomic E-state index is 5.28. The van der Waals surface area contributed by atoms with Crippen molar-refractivity contribution in [3.05, 3.63) is 24.4 Å². The van der Waals surface area contributed by atoms with Crippen molar-refractivity contribution in [2.45, 2.75) is 45.3 Å². The fourth-order valence-electron chi connectivity index (χ4n) is 2.89. The van der Waals surface area contributed by atoms with E-state index in [2.05, 4.69) is 50.9 Å². The van der Waals surface area contributed by atoms with Gasteiger partial charge in [0.25, 0.3) is 0 Å². The molecule has 0 unspecified atom stereocenters. The monoisotopic (exact) mass is 319 g/mol. The third-order valence-corrected chi connectivity index (χ3v) is 4.35. The zero-order valence-electron chi connectivity index (χ0n) is 14.1. The lowest BCUT2D eigenvalue weighted by Crippen LogP contribution is -2.35. The summed E-state index contributed by atoms with van der Waals surface area (Å²) in [6, 6.07) is 0.534. The number of hydrogen-bond acceptors (Lipinski definition) is 7. The molecule has 0 aliphatic carbocycles. The van der Waals surface area contributed by atoms with Crippen molar-refractivity contribution in [2.24, 2.45) is 0 Å². The molecule has 8 heteroatoms. The van der Waals surface area contributed by atoms with E-state index in [-0.39, 0.29) is 5.92 Å². The molecule has 2 aromatic heterocycles. The van der Waals surface area contributed by atoms with Gasteiger partial charge in [-0.2, -0.15) is 10.1 Å². The molecule has 23 heavy (non-hydrogen) atoms. The number of rotatable bonds is 7. The molecule has 1 saturated heterocycles. The van der Waals surface area contributed by atoms with Gasteiger partial charge in [-0.25, -0.2) is 4.98 Å². The predicted molar refractivity (Wildman–Crippen MR) is 84.7 cm³/mol. The minimum atomic E-state index is 0.278. The first kappa shape index (κ1) is 16.1. The molecular formula is C15H25N7O. The largest absolute Gasteiger partial charge is 0.339 e. The average molecular weight is 319 g/mol. The van der Waals surface area contributed by atoms with Crippen molar-refractivity contribution in [2.75, 3.05) is 26.7 Å². The Morgan fingerprint density at radius 1 is 1.39 bits per heavy atom. The average Bonchev–Trinajstić information content (AvgIpc) is 3.26. The normalized spacial score (nSPS) is 19.3. The summed E-state index contributed by atoms with van der Waals surface area (Å²) in [7, 11) is 2.14. The summed E-state index contributed by atoms with van der Waals surface area (Å²) in [6.07, 6.45) is 4.52. The highest BCUT2D eigenvalue weighted by molar-refractivity contribution is 4.92. The van der Waals surface area contributed by atoms with E-state index in [4.69, 9.17) is 4.52 Å². The third-order valence-electron chi connectivity index (χ3n) is 4.35. The molecule has 8 nitrogen and oxygen atoms in total. The zero-order valence-corrected chi connectivity index (χ0v) is 14.1. The maximum atomic E-state index is 5.28. The topological polar surface area (TPSA) is 76.1 Å². The Hall–Kier alpha value is -1.80. The minimum absolute atomic E-state index is 0.278. The van der Waals surface area contributed by atoms with Crippen LogP contribution < -0.4 is 0 Å². The van der Waals surface area contributed by atoms with E-state index in [0.29, 0.717) is 11.9 Å². The number of nitrogens with zero attached hydrogens (tertiary/aromatic N) is 7. The van der Waals surface area contributed by atoms with Gasteiger partial charge in [0, 0.05) is 25.0 Å². The molecule has 0 spiro atoms. The smallest absolute Gasteiger partial charge is 0.229 e. The van der Waals surface area contributed by atoms with Crippen LogP contribution in [0.2, 0.25) is 0 Å². The highest BCUT2D eigenvalue weighted by Crippen LogP contribution is 2.17. The van der Waals surface area contributed by atoms with Crippen LogP contribution in [0.5, 0.6) is 0 Å². The second-order valence-corrected chi connectivity index (χ2v) is 6.52. The number of hydrogen-bond donors (Lipinski definition) is 0. The van der Waals surface area contributed by atoms with Crippen LogP contribution in [0.15, 0.2) is 17.2 Å². The number of aromatic nitrogens is 5. The summed E-state index contributed by atoms with van der Waals surface area (Å²) in [5, 5.41) is 8.22. The highest BCUT2D eigenvalue weighted by Gasteiger charge is 2.26. The van der Waals surface area contributed by atoms with E-state index >= 15 is 0 Å². The molecule has 1 atom stereocenters. The Bertz CT molecular complexity index is 595. The summed E-state index contributed by atoms with van der Waals surface area (Å²) >= 11 is 0. The van der Waals surface area contributed by atoms with Gasteiger partial charge in [-0.1, -0.05) is 19.0 Å². The molecule has 0 radical (unpaired) electrons. The lowest BCUT2D eigenvalue weighted by atomic mass is 10.2. The first-order chi connectivity index (χ1) is 11.1. The van der Waals surface area contributed by atoms with Gasteiger partial charge in [-0.3, -0.25) is 14.5 Å². The Morgan fingerprint density at radius 2 is 2.26 bits per heavy atom. The van der Waals surface area contributed by atoms with Gasteiger partial charge in [0.2, 0.25) is 5.89 Å². The minimum Gasteiger partial charge on any atom is -0.339 e. The van der Waals surface area contributed by atoms with Crippen molar-refractivity contribution in [1.29, 1.82) is 0 Å². The van der Waals surface area contributed by atoms with Crippen molar-refractivity contribution in [3.63, 3.8) is 0 Å². The van der Waals surface area contributed by atoms with Gasteiger partial charge < -0.3 is 4.52 Å². The summed E-state index contributed by atoms with van der Waals surface area (Å²) in [4.78, 5) is 13.2. The SMILES string of the molecule is CC(C)c1nc(CN(C)[C@@H]2CCN(CCn3cncn3)C2)no1. The molecule has 0 bridgehead atoms. The fourth-order valence-corrected chi connectivity index (χ4v) is 2.89. The molecular weight excluding hydrogens is 294 g/mol. The Kier molecular flexibility index (Phi) is 5.02. The first-order valence-electron chi connectivity index (χ1n) is 8.19. The highest BCUT2D eigenvalue weighted by atomic mass is 16.5. The Labute approximate surface area is 136 Å². The van der Waals surface area contributed by atoms with Crippen LogP contribution >= 0.6 is 0 Å². The molecule has 126 valence electrons. The van der Waals surface area contributed by atoms with Gasteiger partial charge in [0.05, 0.1) is 13.1 Å². The van der Waals surface area contributed by atoms with Gasteiger partial charge in [0.1, 0.15) is 12.7 Å². The second-order valence-electron chi connectivity index (χ2n) is 6.52. The fraction of sp³-hybridized carbons (Fsp3) is 0.733. The summed E-state index contributed by atoms with van der Waals surface area (Å²) in [6.45, 7) is 8.94. The zero-order chi connectivity index (χ0) is 16.2. The van der Waals surface area contributed by atoms with Crippen molar-refractivity contribution >= 4 is 0 Å². The molecule has 1 aliphatic rings. The van der Waals surface area contributed by atoms with Gasteiger partial charge in [0.15, 0.2) is 5.82 Å². The molecule has 0 aromatic carbocycles. The molecule has 0 amide bonds. The summed E-state index contributed by atoms with van der Waals surface area (Å²) < 4.78 is 7.16. The van der Waals surface area contributed by atoms with E-state index in [1.165, 1.54) is 6.42 Å². The molecule has 3 heterocycles. The van der Waals surface area contributed by atoms with Crippen LogP contribution in [-0.2, 0) is 13.1 Å². The van der Waals surface area contributed by atoms with Crippen LogP contribution in [0, 0.1) is 0 Å². The van der Waals surface area contributed by atoms with Crippen molar-refractivity contribution in [1.82, 2.24) is 34.7 Å². The van der Waals surface area contributed by atoms with Crippen molar-refractivity contribution in [3.8, 4) is 0 Å². The quantitative estimate of drug-likeness (QED) is 0.753. The van der Waals surface area contributed by atoms with Crippen molar-refractivity contribution < 1.29 is 4.52 Å². The summed E-state index contributed by atoms with van der Waals surface area (Å²) in [5.74, 6) is 1.77. The molecule has 3 rings (SSSR count). The second kappa shape index (κ2) is 7.18. The first-order valence-corrected chi connectivity index (χ1v) is 8.19. The maximum Gasteiger partial charge on any atom is 0.229 e. The Morgan fingerprint density at radius 3 is 2.96 bits per heavy atom. The van der Waals surface area contributed by atoms with Gasteiger partial charge in [-0.15, -0.1) is 0 Å². The van der Waals surface area contributed by atoms with E-state index in [0.717, 1.165) is 38.5 Å². The number of likely N-dealkylation sites (N-methyl/N-ethyl adjacent to an activating group) is 1. The van der Waals surface area contributed by atoms with Gasteiger partial charge in [-0.05, 0) is 20.0 Å². The van der Waals surface area contributed by atoms with Crippen LogP contribution in [-0.4, -0.2) is 67.4 Å². The van der Waals surface area contributed by atoms with Crippen LogP contribution in [0.4, 0.5) is 0 Å². The number of likely N-dealkylation sites (tertiary alicyclic amines) is 1. The van der Waals surface area contributed by atoms with E-state index in [9.17, 15) is 0 Å². The molecule has 1 aliphatic heterocycles. The van der Waals surface area contributed by atoms with Crippen LogP contribution in [0.1, 0.15) is 37.9 Å². The molecule has 1 fully saturated rings. The van der Waals surface area contributed by atoms with Gasteiger partial charge >= 0.3 is 0 Å². The molecule has 2 aromatic rings. The lowest BCUT2D eigenvalue weighted by molar-refractivity contribution is 0.215. The van der Waals surface area contributed by atoms with E-state index in [1.54, 1.807) is 12.7 Å².